The average molecular weight is 449 g/mol. The van der Waals surface area contributed by atoms with Gasteiger partial charge >= 0.3 is 5.97 Å². The molecule has 4 rings (SSSR count). The summed E-state index contributed by atoms with van der Waals surface area (Å²) in [7, 11) is 0. The van der Waals surface area contributed by atoms with Crippen molar-refractivity contribution in [3.05, 3.63) is 98.7 Å². The molecule has 0 saturated carbocycles. The summed E-state index contributed by atoms with van der Waals surface area (Å²) in [5.41, 5.74) is 3.57. The van der Waals surface area contributed by atoms with Gasteiger partial charge in [-0.05, 0) is 70.7 Å². The fourth-order valence-electron chi connectivity index (χ4n) is 3.22. The number of esters is 1. The number of allylic oxidation sites excluding steroid dienone is 1. The molecule has 144 valence electrons. The predicted molar refractivity (Wildman–Crippen MR) is 114 cm³/mol. The van der Waals surface area contributed by atoms with Crippen molar-refractivity contribution < 1.29 is 19.1 Å². The molecule has 0 fully saturated rings. The maximum absolute atomic E-state index is 12.8. The summed E-state index contributed by atoms with van der Waals surface area (Å²) in [6, 6.07) is 18.0. The number of benzene rings is 3. The van der Waals surface area contributed by atoms with Gasteiger partial charge in [0.15, 0.2) is 5.76 Å². The van der Waals surface area contributed by atoms with Crippen molar-refractivity contribution >= 4 is 33.8 Å². The number of ether oxygens (including phenoxy) is 2. The van der Waals surface area contributed by atoms with E-state index >= 15 is 0 Å². The highest BCUT2D eigenvalue weighted by Crippen LogP contribution is 2.38. The highest BCUT2D eigenvalue weighted by atomic mass is 79.9. The minimum atomic E-state index is -0.489. The molecule has 1 aliphatic rings. The van der Waals surface area contributed by atoms with Gasteiger partial charge < -0.3 is 9.47 Å². The second kappa shape index (κ2) is 7.68. The molecule has 0 aromatic heterocycles. The van der Waals surface area contributed by atoms with Crippen LogP contribution in [0.2, 0.25) is 0 Å². The van der Waals surface area contributed by atoms with Gasteiger partial charge in [-0.3, -0.25) is 4.79 Å². The monoisotopic (exact) mass is 448 g/mol. The number of carbonyl (C=O) groups is 2. The fraction of sp³-hybridized carbons (Fsp3) is 0.0833. The van der Waals surface area contributed by atoms with Gasteiger partial charge in [-0.2, -0.15) is 0 Å². The van der Waals surface area contributed by atoms with Crippen molar-refractivity contribution in [2.24, 2.45) is 0 Å². The molecule has 0 unspecified atom stereocenters. The number of hydrogen-bond acceptors (Lipinski definition) is 4. The molecule has 4 nitrogen and oxygen atoms in total. The van der Waals surface area contributed by atoms with Gasteiger partial charge in [-0.1, -0.05) is 36.4 Å². The molecular weight excluding hydrogens is 432 g/mol. The molecule has 0 radical (unpaired) electrons. The summed E-state index contributed by atoms with van der Waals surface area (Å²) < 4.78 is 12.0. The van der Waals surface area contributed by atoms with E-state index in [0.717, 1.165) is 11.1 Å². The molecule has 0 aliphatic carbocycles. The quantitative estimate of drug-likeness (QED) is 0.284. The Bertz CT molecular complexity index is 1180. The van der Waals surface area contributed by atoms with Crippen molar-refractivity contribution in [2.45, 2.75) is 13.8 Å². The molecule has 5 heteroatoms. The Hall–Kier alpha value is -3.18. The Morgan fingerprint density at radius 3 is 2.48 bits per heavy atom. The molecule has 1 heterocycles. The molecular formula is C24H17BrO4. The van der Waals surface area contributed by atoms with E-state index in [9.17, 15) is 9.59 Å². The summed E-state index contributed by atoms with van der Waals surface area (Å²) in [5, 5.41) is 0. The lowest BCUT2D eigenvalue weighted by molar-refractivity contribution is 0.0733. The number of hydrogen-bond donors (Lipinski definition) is 0. The van der Waals surface area contributed by atoms with Crippen LogP contribution >= 0.6 is 15.9 Å². The van der Waals surface area contributed by atoms with E-state index in [0.29, 0.717) is 32.7 Å². The highest BCUT2D eigenvalue weighted by molar-refractivity contribution is 9.10. The zero-order chi connectivity index (χ0) is 20.5. The van der Waals surface area contributed by atoms with Crippen molar-refractivity contribution in [1.82, 2.24) is 0 Å². The summed E-state index contributed by atoms with van der Waals surface area (Å²) in [6.07, 6.45) is 1.74. The minimum absolute atomic E-state index is 0.176. The first-order valence-corrected chi connectivity index (χ1v) is 9.84. The normalized spacial score (nSPS) is 13.9. The van der Waals surface area contributed by atoms with E-state index in [1.54, 1.807) is 43.3 Å². The zero-order valence-electron chi connectivity index (χ0n) is 15.9. The number of carbonyl (C=O) groups excluding carboxylic acids is 2. The van der Waals surface area contributed by atoms with Gasteiger partial charge in [0.05, 0.1) is 11.1 Å². The summed E-state index contributed by atoms with van der Waals surface area (Å²) in [6.45, 7) is 3.77. The number of Topliss-reactive ketones (excluding diaryl/α,β-unsaturated/α-hetero) is 1. The lowest BCUT2D eigenvalue weighted by Gasteiger charge is -2.08. The molecule has 1 aliphatic heterocycles. The largest absolute Gasteiger partial charge is 0.452 e. The number of fused-ring (bicyclic) bond motifs is 1. The van der Waals surface area contributed by atoms with Gasteiger partial charge in [-0.15, -0.1) is 0 Å². The Morgan fingerprint density at radius 1 is 1.00 bits per heavy atom. The smallest absolute Gasteiger partial charge is 0.344 e. The highest BCUT2D eigenvalue weighted by Gasteiger charge is 2.30. The van der Waals surface area contributed by atoms with Crippen LogP contribution in [0, 0.1) is 13.8 Å². The summed E-state index contributed by atoms with van der Waals surface area (Å²) >= 11 is 3.35. The first-order valence-electron chi connectivity index (χ1n) is 9.05. The summed E-state index contributed by atoms with van der Waals surface area (Å²) in [4.78, 5) is 25.3. The van der Waals surface area contributed by atoms with E-state index < -0.39 is 5.97 Å². The Balaban J connectivity index is 1.64. The molecule has 3 aromatic carbocycles. The Morgan fingerprint density at radius 2 is 1.72 bits per heavy atom. The predicted octanol–water partition coefficient (Wildman–Crippen LogP) is 5.90. The molecule has 0 N–H and O–H groups in total. The second-order valence-electron chi connectivity index (χ2n) is 6.78. The van der Waals surface area contributed by atoms with Crippen LogP contribution in [0.3, 0.4) is 0 Å². The molecule has 0 amide bonds. The van der Waals surface area contributed by atoms with Crippen LogP contribution in [0.5, 0.6) is 11.5 Å². The zero-order valence-corrected chi connectivity index (χ0v) is 17.4. The molecule has 0 saturated heterocycles. The second-order valence-corrected chi connectivity index (χ2v) is 7.63. The first-order chi connectivity index (χ1) is 13.9. The van der Waals surface area contributed by atoms with Crippen LogP contribution in [0.1, 0.15) is 37.4 Å². The van der Waals surface area contributed by atoms with Crippen LogP contribution < -0.4 is 9.47 Å². The number of rotatable bonds is 3. The SMILES string of the molecule is Cc1ccccc1/C=C1\Oc2cc(OC(=O)c3ccccc3Br)cc(C)c2C1=O. The van der Waals surface area contributed by atoms with Crippen LogP contribution in [0.25, 0.3) is 6.08 Å². The van der Waals surface area contributed by atoms with Gasteiger partial charge in [0.2, 0.25) is 5.78 Å². The van der Waals surface area contributed by atoms with Gasteiger partial charge in [0.1, 0.15) is 11.5 Å². The number of aryl methyl sites for hydroxylation is 2. The van der Waals surface area contributed by atoms with E-state index in [2.05, 4.69) is 15.9 Å². The van der Waals surface area contributed by atoms with E-state index in [-0.39, 0.29) is 11.5 Å². The molecule has 0 bridgehead atoms. The molecule has 0 spiro atoms. The maximum atomic E-state index is 12.8. The third kappa shape index (κ3) is 3.74. The lowest BCUT2D eigenvalue weighted by atomic mass is 10.0. The van der Waals surface area contributed by atoms with Crippen LogP contribution in [-0.4, -0.2) is 11.8 Å². The molecule has 29 heavy (non-hydrogen) atoms. The number of ketones is 1. The van der Waals surface area contributed by atoms with E-state index in [1.807, 2.05) is 37.3 Å². The topological polar surface area (TPSA) is 52.6 Å². The Kier molecular flexibility index (Phi) is 5.07. The average Bonchev–Trinajstić information content (AvgIpc) is 2.99. The standard InChI is InChI=1S/C24H17BrO4/c1-14-7-3-4-8-16(14)12-21-23(26)22-15(2)11-17(13-20(22)29-21)28-24(27)18-9-5-6-10-19(18)25/h3-13H,1-2H3/b21-12-. The van der Waals surface area contributed by atoms with Crippen LogP contribution in [-0.2, 0) is 0 Å². The maximum Gasteiger partial charge on any atom is 0.344 e. The third-order valence-electron chi connectivity index (χ3n) is 4.72. The molecule has 0 atom stereocenters. The number of halogens is 1. The van der Waals surface area contributed by atoms with E-state index in [1.165, 1.54) is 0 Å². The van der Waals surface area contributed by atoms with Gasteiger partial charge in [-0.25, -0.2) is 4.79 Å². The molecule has 3 aromatic rings. The van der Waals surface area contributed by atoms with E-state index in [4.69, 9.17) is 9.47 Å². The summed E-state index contributed by atoms with van der Waals surface area (Å²) in [5.74, 6) is 0.310. The van der Waals surface area contributed by atoms with Crippen LogP contribution in [0.4, 0.5) is 0 Å². The van der Waals surface area contributed by atoms with Crippen molar-refractivity contribution in [3.8, 4) is 11.5 Å². The van der Waals surface area contributed by atoms with Gasteiger partial charge in [0, 0.05) is 10.5 Å². The van der Waals surface area contributed by atoms with Crippen molar-refractivity contribution in [1.29, 1.82) is 0 Å². The first kappa shape index (κ1) is 19.2. The Labute approximate surface area is 176 Å². The van der Waals surface area contributed by atoms with Crippen molar-refractivity contribution in [2.75, 3.05) is 0 Å². The van der Waals surface area contributed by atoms with Crippen LogP contribution in [0.15, 0.2) is 70.9 Å². The van der Waals surface area contributed by atoms with Gasteiger partial charge in [0.25, 0.3) is 0 Å². The minimum Gasteiger partial charge on any atom is -0.452 e. The van der Waals surface area contributed by atoms with Crippen molar-refractivity contribution in [3.63, 3.8) is 0 Å². The fourth-order valence-corrected chi connectivity index (χ4v) is 3.66. The third-order valence-corrected chi connectivity index (χ3v) is 5.41. The lowest BCUT2D eigenvalue weighted by Crippen LogP contribution is -2.09.